The van der Waals surface area contributed by atoms with Gasteiger partial charge in [0, 0.05) is 60.1 Å². The molecule has 0 spiro atoms. The zero-order valence-corrected chi connectivity index (χ0v) is 28.6. The number of likely N-dealkylation sites (N-methyl/N-ethyl adjacent to an activating group) is 1. The number of phenols is 1. The van der Waals surface area contributed by atoms with Gasteiger partial charge < -0.3 is 34.7 Å². The number of esters is 1. The van der Waals surface area contributed by atoms with Crippen LogP contribution in [0.5, 0.6) is 28.7 Å². The number of phenolic OH excluding ortho intramolecular Hbond substituents is 1. The lowest BCUT2D eigenvalue weighted by Gasteiger charge is -2.60. The molecule has 13 nitrogen and oxygen atoms in total. The lowest BCUT2D eigenvalue weighted by atomic mass is 9.71. The summed E-state index contributed by atoms with van der Waals surface area (Å²) in [4.78, 5) is 42.3. The van der Waals surface area contributed by atoms with E-state index in [2.05, 4.69) is 26.5 Å². The molecule has 6 atom stereocenters. The number of carbonyl (C=O) groups is 3. The van der Waals surface area contributed by atoms with Gasteiger partial charge in [-0.3, -0.25) is 24.2 Å². The van der Waals surface area contributed by atoms with Gasteiger partial charge in [0.25, 0.3) is 0 Å². The molecule has 256 valence electrons. The Hall–Kier alpha value is -4.25. The molecule has 6 rings (SSSR count). The second kappa shape index (κ2) is 13.0. The Morgan fingerprint density at radius 3 is 2.56 bits per heavy atom. The van der Waals surface area contributed by atoms with Crippen molar-refractivity contribution in [2.45, 2.75) is 83.2 Å². The van der Waals surface area contributed by atoms with Gasteiger partial charge >= 0.3 is 5.97 Å². The van der Waals surface area contributed by atoms with Gasteiger partial charge in [0.2, 0.25) is 18.6 Å². The van der Waals surface area contributed by atoms with E-state index in [1.165, 1.54) is 14.0 Å². The average molecular weight is 682 g/mol. The van der Waals surface area contributed by atoms with E-state index in [0.29, 0.717) is 52.5 Å². The molecule has 0 aromatic heterocycles. The number of ether oxygens (including phenoxy) is 4. The Morgan fingerprint density at radius 2 is 1.90 bits per heavy atom. The minimum Gasteiger partial charge on any atom is -0.504 e. The molecule has 48 heavy (non-hydrogen) atoms. The van der Waals surface area contributed by atoms with Crippen LogP contribution in [0.4, 0.5) is 0 Å². The molecule has 1 fully saturated rings. The highest BCUT2D eigenvalue weighted by Gasteiger charge is 2.57. The first-order valence-corrected chi connectivity index (χ1v) is 16.5. The highest BCUT2D eigenvalue weighted by molar-refractivity contribution is 6.19. The minimum absolute atomic E-state index is 0.0355. The summed E-state index contributed by atoms with van der Waals surface area (Å²) < 4.78 is 23.4. The number of hydrogen-bond donors (Lipinski definition) is 3. The van der Waals surface area contributed by atoms with Gasteiger partial charge in [-0.25, -0.2) is 0 Å². The van der Waals surface area contributed by atoms with Crippen molar-refractivity contribution < 1.29 is 38.4 Å². The Balaban J connectivity index is 1.52. The smallest absolute Gasteiger partial charge is 0.308 e. The Labute approximate surface area is 284 Å². The minimum atomic E-state index is -0.849. The van der Waals surface area contributed by atoms with Crippen molar-refractivity contribution in [1.82, 2.24) is 20.4 Å². The first-order chi connectivity index (χ1) is 22.9. The van der Waals surface area contributed by atoms with Gasteiger partial charge in [0.1, 0.15) is 17.8 Å². The maximum atomic E-state index is 13.4. The van der Waals surface area contributed by atoms with Crippen molar-refractivity contribution in [3.63, 3.8) is 0 Å². The quantitative estimate of drug-likeness (QED) is 0.213. The largest absolute Gasteiger partial charge is 0.504 e. The molecule has 0 aliphatic carbocycles. The lowest BCUT2D eigenvalue weighted by molar-refractivity contribution is -0.132. The van der Waals surface area contributed by atoms with E-state index < -0.39 is 42.1 Å². The lowest BCUT2D eigenvalue weighted by Crippen LogP contribution is -2.69. The van der Waals surface area contributed by atoms with E-state index in [1.54, 1.807) is 13.8 Å². The van der Waals surface area contributed by atoms with Crippen LogP contribution in [0.15, 0.2) is 6.07 Å². The number of amides is 2. The number of carbonyl (C=O) groups excluding carboxylic acids is 3. The number of nitrogens with one attached hydrogen (secondary N) is 2. The number of halogens is 1. The van der Waals surface area contributed by atoms with E-state index in [4.69, 9.17) is 30.5 Å². The number of aromatic hydroxyl groups is 1. The van der Waals surface area contributed by atoms with Crippen molar-refractivity contribution in [1.29, 1.82) is 5.26 Å². The number of hydrogen-bond acceptors (Lipinski definition) is 11. The summed E-state index contributed by atoms with van der Waals surface area (Å²) in [7, 11) is 3.48. The molecule has 2 amide bonds. The monoisotopic (exact) mass is 681 g/mol. The number of benzene rings is 2. The van der Waals surface area contributed by atoms with E-state index in [9.17, 15) is 24.8 Å². The number of piperazine rings is 1. The van der Waals surface area contributed by atoms with Gasteiger partial charge in [-0.1, -0.05) is 6.07 Å². The van der Waals surface area contributed by atoms with Crippen LogP contribution in [0.2, 0.25) is 0 Å². The second-order valence-electron chi connectivity index (χ2n) is 12.8. The fraction of sp³-hybridized carbons (Fsp3) is 0.529. The predicted octanol–water partition coefficient (Wildman–Crippen LogP) is 2.69. The van der Waals surface area contributed by atoms with Gasteiger partial charge in [0.05, 0.1) is 25.3 Å². The van der Waals surface area contributed by atoms with Crippen LogP contribution >= 0.6 is 11.6 Å². The molecule has 2 aromatic carbocycles. The SMILES string of the molecule is COc1c(C)cc2c(c1O)[C@@H]1C3Cc4c(OC(C)=O)c(C)c5c(c4[C@H](CNC(=O)[C@H](C)NC(=O)CCCl)N3[C@@H](C#N)[C@H](C2)N1C)OCO5. The molecule has 1 unspecified atom stereocenters. The number of nitrogens with zero attached hydrogens (tertiary/aromatic N) is 3. The number of fused-ring (bicyclic) bond motifs is 9. The van der Waals surface area contributed by atoms with Gasteiger partial charge in [-0.05, 0) is 51.8 Å². The van der Waals surface area contributed by atoms with Crippen LogP contribution in [0.3, 0.4) is 0 Å². The highest BCUT2D eigenvalue weighted by Crippen LogP contribution is 2.58. The Bertz CT molecular complexity index is 1730. The van der Waals surface area contributed by atoms with Crippen LogP contribution in [0.25, 0.3) is 0 Å². The fourth-order valence-corrected chi connectivity index (χ4v) is 8.30. The van der Waals surface area contributed by atoms with Crippen molar-refractivity contribution in [2.75, 3.05) is 33.4 Å². The number of methoxy groups -OCH3 is 1. The van der Waals surface area contributed by atoms with Crippen LogP contribution < -0.4 is 29.6 Å². The third-order valence-corrected chi connectivity index (χ3v) is 10.3. The number of rotatable bonds is 8. The fourth-order valence-electron chi connectivity index (χ4n) is 8.13. The number of alkyl halides is 1. The molecule has 4 aliphatic rings. The Kier molecular flexibility index (Phi) is 9.10. The van der Waals surface area contributed by atoms with Crippen molar-refractivity contribution in [3.05, 3.63) is 39.4 Å². The summed E-state index contributed by atoms with van der Waals surface area (Å²) in [6, 6.07) is 1.39. The highest BCUT2D eigenvalue weighted by atomic mass is 35.5. The van der Waals surface area contributed by atoms with Gasteiger partial charge in [-0.15, -0.1) is 11.6 Å². The van der Waals surface area contributed by atoms with E-state index in [0.717, 1.165) is 16.7 Å². The van der Waals surface area contributed by atoms with Crippen LogP contribution in [-0.4, -0.2) is 90.2 Å². The summed E-state index contributed by atoms with van der Waals surface area (Å²) in [6.45, 7) is 6.59. The van der Waals surface area contributed by atoms with E-state index in [-0.39, 0.29) is 43.3 Å². The summed E-state index contributed by atoms with van der Waals surface area (Å²) in [5.74, 6) is 0.549. The standard InChI is InChI=1S/C34H40ClN5O8/c1-15-9-19-10-21-23(12-36)40-22(28(39(21)5)26(19)29(43)30(15)45-6)11-20-27(24(40)13-37-34(44)17(3)38-25(42)7-8-35)33-32(46-14-47-33)16(2)31(20)48-18(4)41/h9,17,21-24,28,43H,7-8,10-11,13-14H2,1-6H3,(H,37,44)(H,38,42)/t17-,21-,22?,23-,24-,28-/m0/s1. The second-order valence-corrected chi connectivity index (χ2v) is 13.2. The molecule has 14 heteroatoms. The molecule has 4 heterocycles. The van der Waals surface area contributed by atoms with Crippen molar-refractivity contribution in [3.8, 4) is 34.8 Å². The number of nitriles is 1. The molecule has 0 radical (unpaired) electrons. The van der Waals surface area contributed by atoms with Gasteiger partial charge in [-0.2, -0.15) is 5.26 Å². The van der Waals surface area contributed by atoms with Crippen LogP contribution in [0, 0.1) is 25.2 Å². The molecule has 0 saturated carbocycles. The van der Waals surface area contributed by atoms with Crippen molar-refractivity contribution >= 4 is 29.4 Å². The molecule has 2 bridgehead atoms. The normalized spacial score (nSPS) is 24.3. The first kappa shape index (κ1) is 33.6. The van der Waals surface area contributed by atoms with E-state index in [1.807, 2.05) is 20.0 Å². The first-order valence-electron chi connectivity index (χ1n) is 16.0. The Morgan fingerprint density at radius 1 is 1.17 bits per heavy atom. The molecule has 2 aromatic rings. The third kappa shape index (κ3) is 5.36. The summed E-state index contributed by atoms with van der Waals surface area (Å²) in [5.41, 5.74) is 4.42. The van der Waals surface area contributed by atoms with Crippen LogP contribution in [-0.2, 0) is 27.2 Å². The topological polar surface area (TPSA) is 163 Å². The molecular weight excluding hydrogens is 642 g/mol. The van der Waals surface area contributed by atoms with E-state index >= 15 is 0 Å². The summed E-state index contributed by atoms with van der Waals surface area (Å²) in [5, 5.41) is 28.2. The number of aryl methyl sites for hydroxylation is 1. The zero-order valence-electron chi connectivity index (χ0n) is 27.8. The predicted molar refractivity (Wildman–Crippen MR) is 173 cm³/mol. The molecule has 1 saturated heterocycles. The maximum Gasteiger partial charge on any atom is 0.308 e. The summed E-state index contributed by atoms with van der Waals surface area (Å²) in [6.07, 6.45) is 0.910. The molecule has 4 aliphatic heterocycles. The maximum absolute atomic E-state index is 13.4. The summed E-state index contributed by atoms with van der Waals surface area (Å²) >= 11 is 5.71. The zero-order chi connectivity index (χ0) is 34.6. The molecular formula is C34H40ClN5O8. The van der Waals surface area contributed by atoms with Crippen molar-refractivity contribution in [2.24, 2.45) is 0 Å². The van der Waals surface area contributed by atoms with Gasteiger partial charge in [0.15, 0.2) is 23.0 Å². The molecule has 3 N–H and O–H groups in total. The van der Waals surface area contributed by atoms with Crippen LogP contribution in [0.1, 0.15) is 65.7 Å². The third-order valence-electron chi connectivity index (χ3n) is 10.1. The average Bonchev–Trinajstić information content (AvgIpc) is 3.52.